The monoisotopic (exact) mass is 317 g/mol. The number of hydrogen-bond donors (Lipinski definition) is 1. The lowest BCUT2D eigenvalue weighted by Crippen LogP contribution is -2.40. The highest BCUT2D eigenvalue weighted by Gasteiger charge is 2.31. The number of aliphatic carboxylic acids is 1. The zero-order valence-electron chi connectivity index (χ0n) is 12.6. The van der Waals surface area contributed by atoms with Crippen LogP contribution in [0.5, 0.6) is 0 Å². The van der Waals surface area contributed by atoms with Gasteiger partial charge in [0.25, 0.3) is 5.91 Å². The van der Waals surface area contributed by atoms with Gasteiger partial charge in [0.15, 0.2) is 0 Å². The van der Waals surface area contributed by atoms with Crippen LogP contribution in [0.15, 0.2) is 17.2 Å². The minimum Gasteiger partial charge on any atom is -0.480 e. The maximum atomic E-state index is 12.4. The molecule has 9 heteroatoms. The summed E-state index contributed by atoms with van der Waals surface area (Å²) in [5.41, 5.74) is 0.204. The molecule has 0 spiro atoms. The molecule has 0 aromatic carbocycles. The fourth-order valence-electron chi connectivity index (χ4n) is 1.65. The van der Waals surface area contributed by atoms with Crippen LogP contribution in [0, 0.1) is 0 Å². The van der Waals surface area contributed by atoms with Gasteiger partial charge in [-0.1, -0.05) is 0 Å². The second-order valence-electron chi connectivity index (χ2n) is 4.91. The maximum Gasteiger partial charge on any atom is 0.321 e. The summed E-state index contributed by atoms with van der Waals surface area (Å²) in [4.78, 5) is 24.0. The first-order chi connectivity index (χ1) is 9.50. The number of amides is 1. The molecule has 1 aromatic heterocycles. The lowest BCUT2D eigenvalue weighted by Gasteiger charge is -2.20. The van der Waals surface area contributed by atoms with Crippen LogP contribution in [0.3, 0.4) is 0 Å². The number of likely N-dealkylation sites (N-methyl/N-ethyl adjacent to an activating group) is 1. The minimum atomic E-state index is -3.98. The van der Waals surface area contributed by atoms with E-state index in [0.717, 1.165) is 4.31 Å². The van der Waals surface area contributed by atoms with Crippen molar-refractivity contribution < 1.29 is 23.1 Å². The molecule has 1 rings (SSSR count). The topological polar surface area (TPSA) is 99.9 Å². The van der Waals surface area contributed by atoms with Crippen molar-refractivity contribution in [2.24, 2.45) is 7.05 Å². The van der Waals surface area contributed by atoms with Gasteiger partial charge in [-0.25, -0.2) is 8.42 Å². The highest BCUT2D eigenvalue weighted by atomic mass is 32.2. The Bertz CT molecular complexity index is 662. The fourth-order valence-corrected chi connectivity index (χ4v) is 3.04. The van der Waals surface area contributed by atoms with Crippen LogP contribution in [-0.4, -0.2) is 66.4 Å². The van der Waals surface area contributed by atoms with Crippen LogP contribution in [0.2, 0.25) is 0 Å². The van der Waals surface area contributed by atoms with Crippen LogP contribution in [0.1, 0.15) is 17.4 Å². The molecule has 1 unspecified atom stereocenters. The third-order valence-electron chi connectivity index (χ3n) is 3.18. The summed E-state index contributed by atoms with van der Waals surface area (Å²) < 4.78 is 26.9. The van der Waals surface area contributed by atoms with Gasteiger partial charge in [-0.15, -0.1) is 0 Å². The van der Waals surface area contributed by atoms with Crippen molar-refractivity contribution in [1.82, 2.24) is 13.8 Å². The summed E-state index contributed by atoms with van der Waals surface area (Å²) >= 11 is 0. The molecule has 118 valence electrons. The van der Waals surface area contributed by atoms with Crippen LogP contribution in [0.25, 0.3) is 0 Å². The number of rotatable bonds is 5. The van der Waals surface area contributed by atoms with Crippen molar-refractivity contribution in [1.29, 1.82) is 0 Å². The molecule has 0 radical (unpaired) electrons. The van der Waals surface area contributed by atoms with Crippen LogP contribution >= 0.6 is 0 Å². The summed E-state index contributed by atoms with van der Waals surface area (Å²) in [6, 6.07) is 0.0335. The Hall–Kier alpha value is -1.87. The maximum absolute atomic E-state index is 12.4. The Balaban J connectivity index is 3.26. The molecule has 0 aliphatic rings. The number of carbonyl (C=O) groups is 2. The Morgan fingerprint density at radius 3 is 2.24 bits per heavy atom. The molecule has 1 amide bonds. The van der Waals surface area contributed by atoms with E-state index in [2.05, 4.69) is 0 Å². The average molecular weight is 317 g/mol. The van der Waals surface area contributed by atoms with E-state index in [4.69, 9.17) is 5.11 Å². The zero-order valence-corrected chi connectivity index (χ0v) is 13.4. The van der Waals surface area contributed by atoms with Gasteiger partial charge in [0, 0.05) is 34.4 Å². The lowest BCUT2D eigenvalue weighted by atomic mass is 10.4. The van der Waals surface area contributed by atoms with E-state index < -0.39 is 22.0 Å². The molecule has 0 bridgehead atoms. The van der Waals surface area contributed by atoms with Gasteiger partial charge >= 0.3 is 5.97 Å². The molecule has 1 N–H and O–H groups in total. The van der Waals surface area contributed by atoms with Gasteiger partial charge in [-0.2, -0.15) is 4.31 Å². The van der Waals surface area contributed by atoms with E-state index >= 15 is 0 Å². The third-order valence-corrected chi connectivity index (χ3v) is 5.08. The van der Waals surface area contributed by atoms with Gasteiger partial charge in [0.2, 0.25) is 10.0 Å². The van der Waals surface area contributed by atoms with Crippen molar-refractivity contribution >= 4 is 21.9 Å². The van der Waals surface area contributed by atoms with Crippen LogP contribution in [0.4, 0.5) is 0 Å². The van der Waals surface area contributed by atoms with E-state index in [9.17, 15) is 18.0 Å². The average Bonchev–Trinajstić information content (AvgIpc) is 2.78. The number of aryl methyl sites for hydroxylation is 1. The molecule has 0 saturated carbocycles. The summed E-state index contributed by atoms with van der Waals surface area (Å²) in [6.07, 6.45) is 1.29. The first kappa shape index (κ1) is 17.2. The standard InChI is InChI=1S/C12H19N3O5S/c1-8(12(17)18)15(5)21(19,20)9-6-10(14(4)7-9)11(16)13(2)3/h6-8H,1-5H3,(H,17,18). The molecule has 0 aliphatic carbocycles. The second-order valence-corrected chi connectivity index (χ2v) is 6.90. The van der Waals surface area contributed by atoms with Gasteiger partial charge in [-0.05, 0) is 13.0 Å². The van der Waals surface area contributed by atoms with Crippen molar-refractivity contribution in [3.8, 4) is 0 Å². The predicted octanol–water partition coefficient (Wildman–Crippen LogP) is -0.179. The SMILES string of the molecule is CC(C(=O)O)N(C)S(=O)(=O)c1cc(C(=O)N(C)C)n(C)c1. The normalized spacial score (nSPS) is 13.2. The number of hydrogen-bond acceptors (Lipinski definition) is 4. The molecule has 1 heterocycles. The zero-order chi connectivity index (χ0) is 16.5. The highest BCUT2D eigenvalue weighted by molar-refractivity contribution is 7.89. The second kappa shape index (κ2) is 5.86. The van der Waals surface area contributed by atoms with Gasteiger partial charge in [-0.3, -0.25) is 9.59 Å². The molecule has 1 atom stereocenters. The number of carbonyl (C=O) groups excluding carboxylic acids is 1. The Kier molecular flexibility index (Phi) is 4.79. The van der Waals surface area contributed by atoms with Crippen LogP contribution < -0.4 is 0 Å². The summed E-state index contributed by atoms with van der Waals surface area (Å²) in [5, 5.41) is 8.91. The van der Waals surface area contributed by atoms with Crippen molar-refractivity contribution in [3.05, 3.63) is 18.0 Å². The molecular formula is C12H19N3O5S. The van der Waals surface area contributed by atoms with Gasteiger partial charge < -0.3 is 14.6 Å². The highest BCUT2D eigenvalue weighted by Crippen LogP contribution is 2.20. The molecule has 8 nitrogen and oxygen atoms in total. The summed E-state index contributed by atoms with van der Waals surface area (Å²) in [5.74, 6) is -1.59. The van der Waals surface area contributed by atoms with Gasteiger partial charge in [0.1, 0.15) is 16.6 Å². The van der Waals surface area contributed by atoms with E-state index in [1.807, 2.05) is 0 Å². The lowest BCUT2D eigenvalue weighted by molar-refractivity contribution is -0.140. The first-order valence-electron chi connectivity index (χ1n) is 6.09. The summed E-state index contributed by atoms with van der Waals surface area (Å²) in [7, 11) is 1.87. The summed E-state index contributed by atoms with van der Waals surface area (Å²) in [6.45, 7) is 1.27. The predicted molar refractivity (Wildman–Crippen MR) is 75.5 cm³/mol. The minimum absolute atomic E-state index is 0.120. The first-order valence-corrected chi connectivity index (χ1v) is 7.53. The van der Waals surface area contributed by atoms with E-state index in [0.29, 0.717) is 0 Å². The Morgan fingerprint density at radius 2 is 1.81 bits per heavy atom. The molecule has 0 fully saturated rings. The van der Waals surface area contributed by atoms with E-state index in [1.165, 1.54) is 35.7 Å². The molecular weight excluding hydrogens is 298 g/mol. The molecule has 1 aromatic rings. The molecule has 21 heavy (non-hydrogen) atoms. The van der Waals surface area contributed by atoms with Crippen LogP contribution in [-0.2, 0) is 21.9 Å². The Morgan fingerprint density at radius 1 is 1.29 bits per heavy atom. The number of aromatic nitrogens is 1. The number of carboxylic acids is 1. The smallest absolute Gasteiger partial charge is 0.321 e. The van der Waals surface area contributed by atoms with E-state index in [1.54, 1.807) is 21.1 Å². The van der Waals surface area contributed by atoms with E-state index in [-0.39, 0.29) is 16.5 Å². The number of carboxylic acid groups (broad SMARTS) is 1. The molecule has 0 saturated heterocycles. The third kappa shape index (κ3) is 3.24. The number of sulfonamides is 1. The fraction of sp³-hybridized carbons (Fsp3) is 0.500. The van der Waals surface area contributed by atoms with Gasteiger partial charge in [0.05, 0.1) is 0 Å². The van der Waals surface area contributed by atoms with Crippen molar-refractivity contribution in [2.45, 2.75) is 17.9 Å². The largest absolute Gasteiger partial charge is 0.480 e. The quantitative estimate of drug-likeness (QED) is 0.812. The number of nitrogens with zero attached hydrogens (tertiary/aromatic N) is 3. The van der Waals surface area contributed by atoms with Crippen molar-refractivity contribution in [2.75, 3.05) is 21.1 Å². The molecule has 0 aliphatic heterocycles. The Labute approximate surface area is 123 Å². The van der Waals surface area contributed by atoms with Crippen molar-refractivity contribution in [3.63, 3.8) is 0 Å².